The van der Waals surface area contributed by atoms with E-state index in [2.05, 4.69) is 24.3 Å². The fraction of sp³-hybridized carbons (Fsp3) is 0.107. The summed E-state index contributed by atoms with van der Waals surface area (Å²) in [5.74, 6) is 0.516. The molecule has 0 saturated heterocycles. The highest BCUT2D eigenvalue weighted by Gasteiger charge is 2.12. The largest absolute Gasteiger partial charge is 0.415 e. The summed E-state index contributed by atoms with van der Waals surface area (Å²) in [5.41, 5.74) is 12.2. The quantitative estimate of drug-likeness (QED) is 0.408. The maximum atomic E-state index is 12.6. The second-order valence-corrected chi connectivity index (χ2v) is 7.72. The van der Waals surface area contributed by atoms with Gasteiger partial charge in [0.1, 0.15) is 5.75 Å². The number of ether oxygens (including phenoxy) is 1. The number of amides is 1. The zero-order chi connectivity index (χ0) is 22.3. The van der Waals surface area contributed by atoms with Crippen LogP contribution in [0.3, 0.4) is 0 Å². The molecule has 0 aromatic heterocycles. The first-order chi connectivity index (χ1) is 15.6. The van der Waals surface area contributed by atoms with Gasteiger partial charge in [-0.3, -0.25) is 0 Å². The smallest absolute Gasteiger partial charge is 0.410 e. The van der Waals surface area contributed by atoms with Gasteiger partial charge >= 0.3 is 6.09 Å². The Morgan fingerprint density at radius 1 is 0.719 bits per heavy atom. The molecule has 4 nitrogen and oxygen atoms in total. The summed E-state index contributed by atoms with van der Waals surface area (Å²) in [5, 5.41) is 0. The summed E-state index contributed by atoms with van der Waals surface area (Å²) in [6.07, 6.45) is -0.393. The van der Waals surface area contributed by atoms with Gasteiger partial charge in [-0.05, 0) is 51.6 Å². The number of hydrogen-bond acceptors (Lipinski definition) is 3. The normalized spacial score (nSPS) is 10.6. The Morgan fingerprint density at radius 2 is 1.31 bits per heavy atom. The molecular formula is C28H26N2O2. The molecule has 32 heavy (non-hydrogen) atoms. The van der Waals surface area contributed by atoms with Gasteiger partial charge in [-0.15, -0.1) is 0 Å². The van der Waals surface area contributed by atoms with Gasteiger partial charge in [0.05, 0.1) is 0 Å². The average molecular weight is 423 g/mol. The van der Waals surface area contributed by atoms with E-state index in [1.165, 1.54) is 0 Å². The maximum Gasteiger partial charge on any atom is 0.415 e. The molecule has 0 heterocycles. The van der Waals surface area contributed by atoms with Gasteiger partial charge in [0, 0.05) is 20.1 Å². The summed E-state index contributed by atoms with van der Waals surface area (Å²) < 4.78 is 5.56. The molecule has 0 unspecified atom stereocenters. The van der Waals surface area contributed by atoms with Crippen LogP contribution < -0.4 is 10.5 Å². The predicted molar refractivity (Wildman–Crippen MR) is 129 cm³/mol. The monoisotopic (exact) mass is 422 g/mol. The van der Waals surface area contributed by atoms with Crippen molar-refractivity contribution in [3.63, 3.8) is 0 Å². The van der Waals surface area contributed by atoms with E-state index in [4.69, 9.17) is 10.5 Å². The van der Waals surface area contributed by atoms with E-state index in [-0.39, 0.29) is 0 Å². The minimum Gasteiger partial charge on any atom is -0.410 e. The van der Waals surface area contributed by atoms with Gasteiger partial charge in [-0.1, -0.05) is 84.9 Å². The zero-order valence-electron chi connectivity index (χ0n) is 18.1. The lowest BCUT2D eigenvalue weighted by molar-refractivity contribution is 0.161. The minimum atomic E-state index is -0.393. The van der Waals surface area contributed by atoms with Crippen LogP contribution in [-0.2, 0) is 13.1 Å². The van der Waals surface area contributed by atoms with E-state index in [1.54, 1.807) is 11.9 Å². The van der Waals surface area contributed by atoms with E-state index in [0.717, 1.165) is 33.4 Å². The third-order valence-corrected chi connectivity index (χ3v) is 5.35. The van der Waals surface area contributed by atoms with Crippen molar-refractivity contribution in [2.45, 2.75) is 13.1 Å². The molecule has 0 spiro atoms. The first-order valence-electron chi connectivity index (χ1n) is 10.6. The fourth-order valence-electron chi connectivity index (χ4n) is 3.55. The van der Waals surface area contributed by atoms with Crippen LogP contribution in [0.15, 0.2) is 103 Å². The van der Waals surface area contributed by atoms with Gasteiger partial charge in [0.15, 0.2) is 0 Å². The Hall–Kier alpha value is -3.89. The van der Waals surface area contributed by atoms with Gasteiger partial charge in [-0.2, -0.15) is 0 Å². The van der Waals surface area contributed by atoms with Gasteiger partial charge in [-0.25, -0.2) is 4.79 Å². The van der Waals surface area contributed by atoms with Crippen molar-refractivity contribution >= 4 is 6.09 Å². The number of nitrogens with zero attached hydrogens (tertiary/aromatic N) is 1. The highest BCUT2D eigenvalue weighted by atomic mass is 16.6. The summed E-state index contributed by atoms with van der Waals surface area (Å²) in [4.78, 5) is 14.2. The van der Waals surface area contributed by atoms with Gasteiger partial charge in [0.25, 0.3) is 0 Å². The van der Waals surface area contributed by atoms with Crippen LogP contribution in [0.1, 0.15) is 11.1 Å². The molecule has 0 atom stereocenters. The van der Waals surface area contributed by atoms with Crippen molar-refractivity contribution < 1.29 is 9.53 Å². The molecule has 0 aliphatic heterocycles. The Labute approximate surface area is 188 Å². The summed E-state index contributed by atoms with van der Waals surface area (Å²) in [6, 6.07) is 34.0. The number of carbonyl (C=O) groups excluding carboxylic acids is 1. The topological polar surface area (TPSA) is 55.6 Å². The molecule has 160 valence electrons. The third-order valence-electron chi connectivity index (χ3n) is 5.35. The van der Waals surface area contributed by atoms with Crippen molar-refractivity contribution in [3.05, 3.63) is 114 Å². The van der Waals surface area contributed by atoms with E-state index in [9.17, 15) is 4.79 Å². The second kappa shape index (κ2) is 9.94. The predicted octanol–water partition coefficient (Wildman–Crippen LogP) is 6.11. The van der Waals surface area contributed by atoms with Gasteiger partial charge in [0.2, 0.25) is 0 Å². The molecule has 1 amide bonds. The van der Waals surface area contributed by atoms with Crippen molar-refractivity contribution in [1.29, 1.82) is 0 Å². The number of carbonyl (C=O) groups is 1. The first kappa shape index (κ1) is 21.3. The SMILES string of the molecule is CN(Cc1cccc(-c2ccccc2)c1)C(=O)Oc1ccc(-c2ccc(CN)cc2)cc1. The molecule has 4 aromatic carbocycles. The van der Waals surface area contributed by atoms with Crippen LogP contribution in [0.2, 0.25) is 0 Å². The van der Waals surface area contributed by atoms with Crippen LogP contribution in [0, 0.1) is 0 Å². The van der Waals surface area contributed by atoms with E-state index >= 15 is 0 Å². The van der Waals surface area contributed by atoms with Crippen molar-refractivity contribution in [2.75, 3.05) is 7.05 Å². The Balaban J connectivity index is 1.38. The lowest BCUT2D eigenvalue weighted by atomic mass is 10.0. The molecular weight excluding hydrogens is 396 g/mol. The molecule has 2 N–H and O–H groups in total. The lowest BCUT2D eigenvalue weighted by Gasteiger charge is -2.17. The second-order valence-electron chi connectivity index (χ2n) is 7.72. The van der Waals surface area contributed by atoms with Crippen molar-refractivity contribution in [3.8, 4) is 28.0 Å². The molecule has 4 heteroatoms. The van der Waals surface area contributed by atoms with Crippen LogP contribution in [-0.4, -0.2) is 18.0 Å². The Kier molecular flexibility index (Phi) is 6.63. The number of nitrogens with two attached hydrogens (primary N) is 1. The highest BCUT2D eigenvalue weighted by Crippen LogP contribution is 2.24. The van der Waals surface area contributed by atoms with Crippen LogP contribution >= 0.6 is 0 Å². The summed E-state index contributed by atoms with van der Waals surface area (Å²) in [6.45, 7) is 0.990. The Morgan fingerprint density at radius 3 is 1.97 bits per heavy atom. The highest BCUT2D eigenvalue weighted by molar-refractivity contribution is 5.72. The molecule has 0 aliphatic rings. The first-order valence-corrected chi connectivity index (χ1v) is 10.6. The number of rotatable bonds is 6. The number of benzene rings is 4. The molecule has 0 bridgehead atoms. The molecule has 0 aliphatic carbocycles. The molecule has 0 fully saturated rings. The minimum absolute atomic E-state index is 0.393. The average Bonchev–Trinajstić information content (AvgIpc) is 2.85. The standard InChI is InChI=1S/C28H26N2O2/c1-30(20-22-6-5-9-26(18-22)23-7-3-2-4-8-23)28(31)32-27-16-14-25(15-17-27)24-12-10-21(19-29)11-13-24/h2-18H,19-20,29H2,1H3. The van der Waals surface area contributed by atoms with Crippen LogP contribution in [0.5, 0.6) is 5.75 Å². The van der Waals surface area contributed by atoms with Crippen LogP contribution in [0.4, 0.5) is 4.79 Å². The third kappa shape index (κ3) is 5.23. The van der Waals surface area contributed by atoms with E-state index < -0.39 is 6.09 Å². The van der Waals surface area contributed by atoms with Crippen LogP contribution in [0.25, 0.3) is 22.3 Å². The molecule has 4 rings (SSSR count). The van der Waals surface area contributed by atoms with Crippen molar-refractivity contribution in [2.24, 2.45) is 5.73 Å². The lowest BCUT2D eigenvalue weighted by Crippen LogP contribution is -2.29. The number of hydrogen-bond donors (Lipinski definition) is 1. The fourth-order valence-corrected chi connectivity index (χ4v) is 3.55. The van der Waals surface area contributed by atoms with Gasteiger partial charge < -0.3 is 15.4 Å². The molecule has 0 saturated carbocycles. The maximum absolute atomic E-state index is 12.6. The molecule has 4 aromatic rings. The zero-order valence-corrected chi connectivity index (χ0v) is 18.1. The summed E-state index contributed by atoms with van der Waals surface area (Å²) in [7, 11) is 1.74. The Bertz CT molecular complexity index is 1170. The van der Waals surface area contributed by atoms with E-state index in [0.29, 0.717) is 18.8 Å². The van der Waals surface area contributed by atoms with Crippen molar-refractivity contribution in [1.82, 2.24) is 4.90 Å². The van der Waals surface area contributed by atoms with E-state index in [1.807, 2.05) is 78.9 Å². The molecule has 0 radical (unpaired) electrons. The summed E-state index contributed by atoms with van der Waals surface area (Å²) >= 11 is 0.